The first-order valence-electron chi connectivity index (χ1n) is 9.07. The summed E-state index contributed by atoms with van der Waals surface area (Å²) in [6.45, 7) is 1.99. The Kier molecular flexibility index (Phi) is 4.41. The Hall–Kier alpha value is -2.76. The number of rotatable bonds is 3. The largest absolute Gasteiger partial charge is 0.338 e. The molecule has 1 spiro atoms. The minimum Gasteiger partial charge on any atom is -0.338 e. The average molecular weight is 350 g/mol. The summed E-state index contributed by atoms with van der Waals surface area (Å²) in [5, 5.41) is 0. The lowest BCUT2D eigenvalue weighted by Gasteiger charge is -2.45. The number of likely N-dealkylation sites (tertiary alicyclic amines) is 2. The maximum atomic E-state index is 12.7. The van der Waals surface area contributed by atoms with E-state index in [1.165, 1.54) is 0 Å². The van der Waals surface area contributed by atoms with E-state index in [4.69, 9.17) is 0 Å². The summed E-state index contributed by atoms with van der Waals surface area (Å²) < 4.78 is 0. The summed E-state index contributed by atoms with van der Waals surface area (Å²) >= 11 is 0. The topological polar surface area (TPSA) is 66.4 Å². The van der Waals surface area contributed by atoms with Crippen molar-refractivity contribution in [3.8, 4) is 0 Å². The van der Waals surface area contributed by atoms with Crippen LogP contribution in [0, 0.1) is 0 Å². The van der Waals surface area contributed by atoms with Gasteiger partial charge in [0.1, 0.15) is 0 Å². The van der Waals surface area contributed by atoms with Gasteiger partial charge in [0.15, 0.2) is 0 Å². The molecule has 6 nitrogen and oxygen atoms in total. The van der Waals surface area contributed by atoms with E-state index in [-0.39, 0.29) is 17.4 Å². The first kappa shape index (κ1) is 16.7. The van der Waals surface area contributed by atoms with Crippen LogP contribution >= 0.6 is 0 Å². The number of carbonyl (C=O) groups is 2. The Bertz CT molecular complexity index is 786. The molecule has 0 aliphatic carbocycles. The van der Waals surface area contributed by atoms with Crippen LogP contribution in [0.15, 0.2) is 49.1 Å². The van der Waals surface area contributed by atoms with Gasteiger partial charge in [0.05, 0.1) is 0 Å². The maximum absolute atomic E-state index is 12.7. The third kappa shape index (κ3) is 3.07. The minimum absolute atomic E-state index is 0.0484. The molecule has 4 rings (SSSR count). The summed E-state index contributed by atoms with van der Waals surface area (Å²) in [6, 6.07) is 7.42. The van der Waals surface area contributed by atoms with Crippen molar-refractivity contribution in [3.05, 3.63) is 60.2 Å². The van der Waals surface area contributed by atoms with Gasteiger partial charge in [-0.2, -0.15) is 0 Å². The molecule has 0 atom stereocenters. The van der Waals surface area contributed by atoms with E-state index < -0.39 is 0 Å². The van der Waals surface area contributed by atoms with Crippen molar-refractivity contribution in [2.45, 2.75) is 37.8 Å². The Morgan fingerprint density at radius 1 is 0.962 bits per heavy atom. The van der Waals surface area contributed by atoms with Crippen LogP contribution in [0.4, 0.5) is 0 Å². The molecule has 2 saturated heterocycles. The molecule has 2 aliphatic heterocycles. The molecular weight excluding hydrogens is 328 g/mol. The molecule has 0 saturated carbocycles. The lowest BCUT2D eigenvalue weighted by atomic mass is 9.84. The predicted molar refractivity (Wildman–Crippen MR) is 96.1 cm³/mol. The van der Waals surface area contributed by atoms with E-state index in [1.807, 2.05) is 21.9 Å². The number of aromatic nitrogens is 2. The number of carbonyl (C=O) groups excluding carboxylic acids is 2. The van der Waals surface area contributed by atoms with Crippen molar-refractivity contribution in [3.63, 3.8) is 0 Å². The molecule has 134 valence electrons. The van der Waals surface area contributed by atoms with E-state index in [1.54, 1.807) is 36.9 Å². The normalized spacial score (nSPS) is 19.2. The number of hydrogen-bond donors (Lipinski definition) is 0. The van der Waals surface area contributed by atoms with Gasteiger partial charge in [-0.15, -0.1) is 0 Å². The van der Waals surface area contributed by atoms with Crippen molar-refractivity contribution >= 4 is 11.8 Å². The second kappa shape index (κ2) is 6.86. The SMILES string of the molecule is O=C(c1ccncc1)N1CCC2(CCC(=O)N2Cc2ccncc2)CC1. The molecular formula is C20H22N4O2. The van der Waals surface area contributed by atoms with Gasteiger partial charge in [0, 0.05) is 61.9 Å². The van der Waals surface area contributed by atoms with Crippen LogP contribution in [0.25, 0.3) is 0 Å². The molecule has 0 bridgehead atoms. The van der Waals surface area contributed by atoms with Gasteiger partial charge in [-0.1, -0.05) is 0 Å². The van der Waals surface area contributed by atoms with Crippen molar-refractivity contribution in [2.24, 2.45) is 0 Å². The smallest absolute Gasteiger partial charge is 0.253 e. The summed E-state index contributed by atoms with van der Waals surface area (Å²) in [4.78, 5) is 37.1. The molecule has 0 unspecified atom stereocenters. The van der Waals surface area contributed by atoms with Crippen molar-refractivity contribution in [1.29, 1.82) is 0 Å². The lowest BCUT2D eigenvalue weighted by Crippen LogP contribution is -2.53. The molecule has 4 heterocycles. The van der Waals surface area contributed by atoms with Crippen LogP contribution in [0.1, 0.15) is 41.6 Å². The molecule has 0 aromatic carbocycles. The molecule has 0 N–H and O–H groups in total. The van der Waals surface area contributed by atoms with Crippen LogP contribution in [-0.2, 0) is 11.3 Å². The zero-order valence-electron chi connectivity index (χ0n) is 14.7. The summed E-state index contributed by atoms with van der Waals surface area (Å²) in [5.41, 5.74) is 1.66. The molecule has 2 aliphatic rings. The quantitative estimate of drug-likeness (QED) is 0.852. The summed E-state index contributed by atoms with van der Waals surface area (Å²) in [7, 11) is 0. The first-order valence-corrected chi connectivity index (χ1v) is 9.07. The van der Waals surface area contributed by atoms with Crippen molar-refractivity contribution < 1.29 is 9.59 Å². The minimum atomic E-state index is -0.116. The molecule has 2 fully saturated rings. The van der Waals surface area contributed by atoms with Gasteiger partial charge < -0.3 is 9.80 Å². The highest BCUT2D eigenvalue weighted by Crippen LogP contribution is 2.40. The van der Waals surface area contributed by atoms with Crippen LogP contribution in [0.2, 0.25) is 0 Å². The van der Waals surface area contributed by atoms with E-state index in [2.05, 4.69) is 9.97 Å². The Morgan fingerprint density at radius 3 is 2.23 bits per heavy atom. The van der Waals surface area contributed by atoms with Gasteiger partial charge in [-0.05, 0) is 49.1 Å². The van der Waals surface area contributed by atoms with Gasteiger partial charge in [0.2, 0.25) is 5.91 Å². The molecule has 2 amide bonds. The highest BCUT2D eigenvalue weighted by atomic mass is 16.2. The monoisotopic (exact) mass is 350 g/mol. The Labute approximate surface area is 152 Å². The predicted octanol–water partition coefficient (Wildman–Crippen LogP) is 2.27. The zero-order valence-corrected chi connectivity index (χ0v) is 14.7. The fraction of sp³-hybridized carbons (Fsp3) is 0.400. The first-order chi connectivity index (χ1) is 12.7. The maximum Gasteiger partial charge on any atom is 0.253 e. The zero-order chi connectivity index (χ0) is 18.0. The molecule has 26 heavy (non-hydrogen) atoms. The van der Waals surface area contributed by atoms with Crippen LogP contribution in [0.5, 0.6) is 0 Å². The van der Waals surface area contributed by atoms with Crippen LogP contribution < -0.4 is 0 Å². The Morgan fingerprint density at radius 2 is 1.58 bits per heavy atom. The van der Waals surface area contributed by atoms with E-state index in [0.29, 0.717) is 31.6 Å². The van der Waals surface area contributed by atoms with Gasteiger partial charge >= 0.3 is 0 Å². The summed E-state index contributed by atoms with van der Waals surface area (Å²) in [6.07, 6.45) is 9.96. The number of piperidine rings is 1. The number of nitrogens with zero attached hydrogens (tertiary/aromatic N) is 4. The van der Waals surface area contributed by atoms with Crippen LogP contribution in [-0.4, -0.2) is 50.2 Å². The third-order valence-corrected chi connectivity index (χ3v) is 5.68. The van der Waals surface area contributed by atoms with E-state index in [9.17, 15) is 9.59 Å². The van der Waals surface area contributed by atoms with E-state index >= 15 is 0 Å². The summed E-state index contributed by atoms with van der Waals surface area (Å²) in [5.74, 6) is 0.267. The third-order valence-electron chi connectivity index (χ3n) is 5.68. The standard InChI is InChI=1S/C20H22N4O2/c25-18-1-6-20(24(18)15-16-2-9-21-10-3-16)7-13-23(14-8-20)19(26)17-4-11-22-12-5-17/h2-5,9-12H,1,6-8,13-15H2. The average Bonchev–Trinajstić information content (AvgIpc) is 2.99. The molecule has 2 aromatic rings. The van der Waals surface area contributed by atoms with E-state index in [0.717, 1.165) is 24.8 Å². The number of pyridine rings is 2. The second-order valence-electron chi connectivity index (χ2n) is 7.09. The molecule has 2 aromatic heterocycles. The lowest BCUT2D eigenvalue weighted by molar-refractivity contribution is -0.133. The van der Waals surface area contributed by atoms with Crippen molar-refractivity contribution in [1.82, 2.24) is 19.8 Å². The fourth-order valence-electron chi connectivity index (χ4n) is 4.12. The van der Waals surface area contributed by atoms with Gasteiger partial charge in [-0.25, -0.2) is 0 Å². The number of amides is 2. The molecule has 0 radical (unpaired) electrons. The highest BCUT2D eigenvalue weighted by Gasteiger charge is 2.47. The van der Waals surface area contributed by atoms with Crippen molar-refractivity contribution in [2.75, 3.05) is 13.1 Å². The molecule has 6 heteroatoms. The Balaban J connectivity index is 1.46. The second-order valence-corrected chi connectivity index (χ2v) is 7.09. The number of hydrogen-bond acceptors (Lipinski definition) is 4. The fourth-order valence-corrected chi connectivity index (χ4v) is 4.12. The van der Waals surface area contributed by atoms with Crippen LogP contribution in [0.3, 0.4) is 0 Å². The van der Waals surface area contributed by atoms with Gasteiger partial charge in [-0.3, -0.25) is 19.6 Å². The highest BCUT2D eigenvalue weighted by molar-refractivity contribution is 5.94. The van der Waals surface area contributed by atoms with Gasteiger partial charge in [0.25, 0.3) is 5.91 Å².